The van der Waals surface area contributed by atoms with Gasteiger partial charge in [-0.1, -0.05) is 12.1 Å². The van der Waals surface area contributed by atoms with Crippen LogP contribution in [0.25, 0.3) is 0 Å². The minimum Gasteiger partial charge on any atom is -0.487 e. The van der Waals surface area contributed by atoms with Crippen LogP contribution in [0, 0.1) is 6.92 Å². The first kappa shape index (κ1) is 13.8. The quantitative estimate of drug-likeness (QED) is 0.909. The Morgan fingerprint density at radius 2 is 2.25 bits per heavy atom. The third-order valence-electron chi connectivity index (χ3n) is 4.14. The zero-order chi connectivity index (χ0) is 14.2. The van der Waals surface area contributed by atoms with Crippen molar-refractivity contribution in [3.8, 4) is 5.75 Å². The Morgan fingerprint density at radius 1 is 1.40 bits per heavy atom. The van der Waals surface area contributed by atoms with Gasteiger partial charge in [0.2, 0.25) is 5.91 Å². The molecule has 1 saturated carbocycles. The lowest BCUT2D eigenvalue weighted by molar-refractivity contribution is -0.121. The van der Waals surface area contributed by atoms with Crippen LogP contribution in [0.1, 0.15) is 38.2 Å². The topological polar surface area (TPSA) is 38.3 Å². The minimum atomic E-state index is -0.224. The molecule has 4 heteroatoms. The third kappa shape index (κ3) is 2.53. The van der Waals surface area contributed by atoms with E-state index in [1.54, 1.807) is 11.8 Å². The summed E-state index contributed by atoms with van der Waals surface area (Å²) in [6.07, 6.45) is 4.41. The van der Waals surface area contributed by atoms with E-state index in [4.69, 9.17) is 4.74 Å². The second-order valence-electron chi connectivity index (χ2n) is 5.81. The molecule has 1 N–H and O–H groups in total. The zero-order valence-electron chi connectivity index (χ0n) is 12.0. The van der Waals surface area contributed by atoms with E-state index in [0.717, 1.165) is 25.0 Å². The lowest BCUT2D eigenvalue weighted by Gasteiger charge is -2.40. The van der Waals surface area contributed by atoms with Crippen molar-refractivity contribution in [3.05, 3.63) is 29.8 Å². The van der Waals surface area contributed by atoms with Crippen LogP contribution in [0.5, 0.6) is 5.75 Å². The van der Waals surface area contributed by atoms with Gasteiger partial charge < -0.3 is 10.1 Å². The van der Waals surface area contributed by atoms with Crippen molar-refractivity contribution in [2.45, 2.75) is 55.8 Å². The lowest BCUT2D eigenvalue weighted by atomic mass is 9.91. The number of carbonyl (C=O) groups excluding carboxylic acids is 1. The summed E-state index contributed by atoms with van der Waals surface area (Å²) in [4.78, 5) is 11.7. The second kappa shape index (κ2) is 5.32. The first-order chi connectivity index (χ1) is 9.59. The van der Waals surface area contributed by atoms with E-state index in [0.29, 0.717) is 0 Å². The molecule has 1 spiro atoms. The molecular weight excluding hydrogens is 270 g/mol. The molecule has 1 aliphatic carbocycles. The summed E-state index contributed by atoms with van der Waals surface area (Å²) in [5.74, 6) is 1.06. The maximum absolute atomic E-state index is 11.9. The summed E-state index contributed by atoms with van der Waals surface area (Å²) >= 11 is 1.74. The van der Waals surface area contributed by atoms with Gasteiger partial charge in [-0.2, -0.15) is 0 Å². The summed E-state index contributed by atoms with van der Waals surface area (Å²) in [5.41, 5.74) is 1.20. The SMILES string of the molecule is Cc1cccc(OC2CCCCC23NC(=O)C(C)S3)c1. The highest BCUT2D eigenvalue weighted by Crippen LogP contribution is 2.45. The van der Waals surface area contributed by atoms with Crippen molar-refractivity contribution in [2.24, 2.45) is 0 Å². The van der Waals surface area contributed by atoms with E-state index in [1.165, 1.54) is 12.0 Å². The maximum Gasteiger partial charge on any atom is 0.234 e. The van der Waals surface area contributed by atoms with Crippen LogP contribution in [0.4, 0.5) is 0 Å². The number of hydrogen-bond acceptors (Lipinski definition) is 3. The molecule has 3 unspecified atom stereocenters. The smallest absolute Gasteiger partial charge is 0.234 e. The van der Waals surface area contributed by atoms with Crippen LogP contribution < -0.4 is 10.1 Å². The van der Waals surface area contributed by atoms with Crippen molar-refractivity contribution in [3.63, 3.8) is 0 Å². The Labute approximate surface area is 124 Å². The summed E-state index contributed by atoms with van der Waals surface area (Å²) < 4.78 is 6.24. The molecule has 3 rings (SSSR count). The highest BCUT2D eigenvalue weighted by Gasteiger charge is 2.50. The van der Waals surface area contributed by atoms with Crippen LogP contribution in [-0.2, 0) is 4.79 Å². The number of ether oxygens (including phenoxy) is 1. The van der Waals surface area contributed by atoms with Crippen LogP contribution in [0.15, 0.2) is 24.3 Å². The Kier molecular flexibility index (Phi) is 3.67. The van der Waals surface area contributed by atoms with Crippen molar-refractivity contribution in [2.75, 3.05) is 0 Å². The van der Waals surface area contributed by atoms with Gasteiger partial charge in [0.25, 0.3) is 0 Å². The Morgan fingerprint density at radius 3 is 2.95 bits per heavy atom. The van der Waals surface area contributed by atoms with E-state index in [1.807, 2.05) is 19.1 Å². The Hall–Kier alpha value is -1.16. The predicted molar refractivity (Wildman–Crippen MR) is 82.0 cm³/mol. The number of aryl methyl sites for hydroxylation is 1. The highest BCUT2D eigenvalue weighted by atomic mass is 32.2. The number of nitrogens with one attached hydrogen (secondary N) is 1. The van der Waals surface area contributed by atoms with Crippen molar-refractivity contribution < 1.29 is 9.53 Å². The average Bonchev–Trinajstić information content (AvgIpc) is 2.68. The predicted octanol–water partition coefficient (Wildman–Crippen LogP) is 3.26. The molecule has 1 aliphatic heterocycles. The Bertz CT molecular complexity index is 519. The molecule has 0 bridgehead atoms. The van der Waals surface area contributed by atoms with Crippen LogP contribution >= 0.6 is 11.8 Å². The van der Waals surface area contributed by atoms with Gasteiger partial charge in [0.1, 0.15) is 16.7 Å². The molecular formula is C16H21NO2S. The fraction of sp³-hybridized carbons (Fsp3) is 0.562. The second-order valence-corrected chi connectivity index (χ2v) is 7.48. The normalized spacial score (nSPS) is 33.2. The number of hydrogen-bond donors (Lipinski definition) is 1. The fourth-order valence-corrected chi connectivity index (χ4v) is 4.64. The fourth-order valence-electron chi connectivity index (χ4n) is 3.10. The molecule has 2 fully saturated rings. The van der Waals surface area contributed by atoms with Gasteiger partial charge in [-0.15, -0.1) is 11.8 Å². The van der Waals surface area contributed by atoms with E-state index in [9.17, 15) is 4.79 Å². The van der Waals surface area contributed by atoms with E-state index in [2.05, 4.69) is 24.4 Å². The van der Waals surface area contributed by atoms with E-state index in [-0.39, 0.29) is 22.1 Å². The van der Waals surface area contributed by atoms with Crippen LogP contribution in [0.2, 0.25) is 0 Å². The molecule has 1 aromatic rings. The summed E-state index contributed by atoms with van der Waals surface area (Å²) in [6, 6.07) is 8.15. The lowest BCUT2D eigenvalue weighted by Crippen LogP contribution is -2.53. The van der Waals surface area contributed by atoms with Gasteiger partial charge in [-0.3, -0.25) is 4.79 Å². The number of rotatable bonds is 2. The molecule has 1 saturated heterocycles. The standard InChI is InChI=1S/C16H21NO2S/c1-11-6-5-7-13(10-11)19-14-8-3-4-9-16(14)17-15(18)12(2)20-16/h5-7,10,12,14H,3-4,8-9H2,1-2H3,(H,17,18). The minimum absolute atomic E-state index is 0.0247. The number of amides is 1. The van der Waals surface area contributed by atoms with Gasteiger partial charge in [0, 0.05) is 0 Å². The monoisotopic (exact) mass is 291 g/mol. The van der Waals surface area contributed by atoms with Crippen LogP contribution in [0.3, 0.4) is 0 Å². The highest BCUT2D eigenvalue weighted by molar-refractivity contribution is 8.02. The summed E-state index contributed by atoms with van der Waals surface area (Å²) in [6.45, 7) is 4.05. The first-order valence-electron chi connectivity index (χ1n) is 7.32. The number of benzene rings is 1. The molecule has 1 aromatic carbocycles. The largest absolute Gasteiger partial charge is 0.487 e. The van der Waals surface area contributed by atoms with Gasteiger partial charge in [-0.05, 0) is 57.2 Å². The van der Waals surface area contributed by atoms with Gasteiger partial charge >= 0.3 is 0 Å². The molecule has 3 atom stereocenters. The molecule has 1 heterocycles. The van der Waals surface area contributed by atoms with E-state index >= 15 is 0 Å². The zero-order valence-corrected chi connectivity index (χ0v) is 12.8. The molecule has 108 valence electrons. The number of thioether (sulfide) groups is 1. The summed E-state index contributed by atoms with van der Waals surface area (Å²) in [5, 5.41) is 3.23. The average molecular weight is 291 g/mol. The number of carbonyl (C=O) groups is 1. The summed E-state index contributed by atoms with van der Waals surface area (Å²) in [7, 11) is 0. The van der Waals surface area contributed by atoms with Gasteiger partial charge in [-0.25, -0.2) is 0 Å². The van der Waals surface area contributed by atoms with Gasteiger partial charge in [0.15, 0.2) is 0 Å². The molecule has 20 heavy (non-hydrogen) atoms. The molecule has 3 nitrogen and oxygen atoms in total. The van der Waals surface area contributed by atoms with Crippen LogP contribution in [-0.4, -0.2) is 22.1 Å². The first-order valence-corrected chi connectivity index (χ1v) is 8.20. The van der Waals surface area contributed by atoms with Gasteiger partial charge in [0.05, 0.1) is 5.25 Å². The molecule has 1 amide bonds. The molecule has 2 aliphatic rings. The third-order valence-corrected chi connectivity index (χ3v) is 5.70. The molecule has 0 radical (unpaired) electrons. The Balaban J connectivity index is 1.81. The maximum atomic E-state index is 11.9. The van der Waals surface area contributed by atoms with Crippen molar-refractivity contribution in [1.82, 2.24) is 5.32 Å². The molecule has 0 aromatic heterocycles. The van der Waals surface area contributed by atoms with Crippen molar-refractivity contribution in [1.29, 1.82) is 0 Å². The van der Waals surface area contributed by atoms with Crippen molar-refractivity contribution >= 4 is 17.7 Å². The van der Waals surface area contributed by atoms with E-state index < -0.39 is 0 Å².